The van der Waals surface area contributed by atoms with Gasteiger partial charge >= 0.3 is 0 Å². The number of hydrogen-bond acceptors (Lipinski definition) is 2. The molecule has 3 nitrogen and oxygen atoms in total. The smallest absolute Gasteiger partial charge is 0.260 e. The number of benzene rings is 1. The van der Waals surface area contributed by atoms with Crippen molar-refractivity contribution in [3.63, 3.8) is 0 Å². The molecule has 4 heteroatoms. The first-order valence-corrected chi connectivity index (χ1v) is 4.65. The zero-order valence-corrected chi connectivity index (χ0v) is 8.55. The van der Waals surface area contributed by atoms with Crippen LogP contribution in [-0.2, 0) is 10.4 Å². The number of carbonyl (C=O) groups is 1. The Morgan fingerprint density at radius 1 is 1.54 bits per heavy atom. The predicted molar refractivity (Wildman–Crippen MR) is 52.3 cm³/mol. The molecule has 0 saturated heterocycles. The maximum absolute atomic E-state index is 11.3. The fourth-order valence-corrected chi connectivity index (χ4v) is 1.77. The van der Waals surface area contributed by atoms with Gasteiger partial charge < -0.3 is 10.4 Å². The molecule has 0 aliphatic carbocycles. The predicted octanol–water partition coefficient (Wildman–Crippen LogP) is 1.61. The third kappa shape index (κ3) is 1.17. The van der Waals surface area contributed by atoms with Crippen LogP contribution in [0.4, 0.5) is 5.69 Å². The van der Waals surface area contributed by atoms with Gasteiger partial charge in [-0.3, -0.25) is 4.79 Å². The van der Waals surface area contributed by atoms with Gasteiger partial charge in [0.25, 0.3) is 5.91 Å². The van der Waals surface area contributed by atoms with Crippen molar-refractivity contribution in [2.24, 2.45) is 0 Å². The quantitative estimate of drug-likeness (QED) is 0.726. The minimum absolute atomic E-state index is 0.374. The highest BCUT2D eigenvalue weighted by Gasteiger charge is 2.40. The number of hydrogen-bond donors (Lipinski definition) is 2. The van der Waals surface area contributed by atoms with E-state index in [9.17, 15) is 9.90 Å². The SMILES string of the molecule is CC1(O)C(=O)Nc2cc(Br)ccc21. The van der Waals surface area contributed by atoms with Gasteiger partial charge in [-0.2, -0.15) is 0 Å². The molecule has 1 amide bonds. The van der Waals surface area contributed by atoms with Crippen molar-refractivity contribution in [2.75, 3.05) is 5.32 Å². The summed E-state index contributed by atoms with van der Waals surface area (Å²) in [4.78, 5) is 11.3. The molecule has 68 valence electrons. The van der Waals surface area contributed by atoms with E-state index in [0.29, 0.717) is 11.3 Å². The third-order valence-corrected chi connectivity index (χ3v) is 2.69. The maximum atomic E-state index is 11.3. The van der Waals surface area contributed by atoms with Crippen molar-refractivity contribution in [3.8, 4) is 0 Å². The summed E-state index contributed by atoms with van der Waals surface area (Å²) in [7, 11) is 0. The number of amides is 1. The van der Waals surface area contributed by atoms with Crippen molar-refractivity contribution < 1.29 is 9.90 Å². The lowest BCUT2D eigenvalue weighted by molar-refractivity contribution is -0.131. The van der Waals surface area contributed by atoms with Gasteiger partial charge in [0.15, 0.2) is 5.60 Å². The van der Waals surface area contributed by atoms with Crippen LogP contribution in [0.3, 0.4) is 0 Å². The monoisotopic (exact) mass is 241 g/mol. The number of carbonyl (C=O) groups excluding carboxylic acids is 1. The summed E-state index contributed by atoms with van der Waals surface area (Å²) >= 11 is 3.29. The first kappa shape index (κ1) is 8.72. The maximum Gasteiger partial charge on any atom is 0.260 e. The second kappa shape index (κ2) is 2.56. The number of nitrogens with one attached hydrogen (secondary N) is 1. The molecule has 1 atom stereocenters. The molecule has 0 fully saturated rings. The second-order valence-corrected chi connectivity index (χ2v) is 4.13. The van der Waals surface area contributed by atoms with E-state index in [1.807, 2.05) is 0 Å². The van der Waals surface area contributed by atoms with Crippen molar-refractivity contribution in [1.29, 1.82) is 0 Å². The average Bonchev–Trinajstić information content (AvgIpc) is 2.23. The molecule has 13 heavy (non-hydrogen) atoms. The summed E-state index contributed by atoms with van der Waals surface area (Å²) in [6.07, 6.45) is 0. The first-order valence-electron chi connectivity index (χ1n) is 3.85. The van der Waals surface area contributed by atoms with Crippen molar-refractivity contribution in [1.82, 2.24) is 0 Å². The molecule has 0 aromatic heterocycles. The molecule has 0 saturated carbocycles. The molecule has 1 aromatic rings. The molecule has 0 radical (unpaired) electrons. The van der Waals surface area contributed by atoms with Crippen LogP contribution in [-0.4, -0.2) is 11.0 Å². The number of anilines is 1. The van der Waals surface area contributed by atoms with E-state index >= 15 is 0 Å². The molecule has 1 aromatic carbocycles. The molecule has 2 rings (SSSR count). The molecule has 1 heterocycles. The molecule has 1 aliphatic rings. The van der Waals surface area contributed by atoms with E-state index in [0.717, 1.165) is 4.47 Å². The van der Waals surface area contributed by atoms with Gasteiger partial charge in [0, 0.05) is 15.7 Å². The molecule has 0 spiro atoms. The standard InChI is InChI=1S/C9H8BrNO2/c1-9(13)6-3-2-5(10)4-7(6)11-8(9)12/h2-4,13H,1H3,(H,11,12). The Labute approximate surface area is 83.9 Å². The van der Waals surface area contributed by atoms with E-state index in [1.165, 1.54) is 6.92 Å². The van der Waals surface area contributed by atoms with Crippen LogP contribution in [0.25, 0.3) is 0 Å². The Kier molecular flexibility index (Phi) is 1.72. The summed E-state index contributed by atoms with van der Waals surface area (Å²) in [5, 5.41) is 12.4. The fraction of sp³-hybridized carbons (Fsp3) is 0.222. The van der Waals surface area contributed by atoms with Gasteiger partial charge in [-0.05, 0) is 19.1 Å². The lowest BCUT2D eigenvalue weighted by atomic mass is 9.98. The number of rotatable bonds is 0. The van der Waals surface area contributed by atoms with E-state index in [-0.39, 0.29) is 5.91 Å². The van der Waals surface area contributed by atoms with Crippen LogP contribution in [0.2, 0.25) is 0 Å². The molecule has 0 bridgehead atoms. The zero-order chi connectivity index (χ0) is 9.64. The Morgan fingerprint density at radius 2 is 2.23 bits per heavy atom. The van der Waals surface area contributed by atoms with Gasteiger partial charge in [0.1, 0.15) is 0 Å². The molecular formula is C9H8BrNO2. The van der Waals surface area contributed by atoms with Crippen molar-refractivity contribution in [3.05, 3.63) is 28.2 Å². The van der Waals surface area contributed by atoms with Crippen LogP contribution in [0.5, 0.6) is 0 Å². The lowest BCUT2D eigenvalue weighted by Gasteiger charge is -2.13. The molecule has 1 aliphatic heterocycles. The zero-order valence-electron chi connectivity index (χ0n) is 6.97. The van der Waals surface area contributed by atoms with Crippen molar-refractivity contribution in [2.45, 2.75) is 12.5 Å². The fourth-order valence-electron chi connectivity index (χ4n) is 1.41. The van der Waals surface area contributed by atoms with Crippen molar-refractivity contribution >= 4 is 27.5 Å². The third-order valence-electron chi connectivity index (χ3n) is 2.20. The minimum Gasteiger partial charge on any atom is -0.375 e. The summed E-state index contributed by atoms with van der Waals surface area (Å²) < 4.78 is 0.879. The Hall–Kier alpha value is -0.870. The van der Waals surface area contributed by atoms with Gasteiger partial charge in [-0.25, -0.2) is 0 Å². The van der Waals surface area contributed by atoms with Gasteiger partial charge in [0.2, 0.25) is 0 Å². The molecular weight excluding hydrogens is 234 g/mol. The summed E-state index contributed by atoms with van der Waals surface area (Å²) in [5.74, 6) is -0.374. The summed E-state index contributed by atoms with van der Waals surface area (Å²) in [6, 6.07) is 5.31. The number of halogens is 1. The van der Waals surface area contributed by atoms with Crippen LogP contribution in [0.1, 0.15) is 12.5 Å². The minimum atomic E-state index is -1.39. The summed E-state index contributed by atoms with van der Waals surface area (Å²) in [5.41, 5.74) is -0.0965. The second-order valence-electron chi connectivity index (χ2n) is 3.22. The topological polar surface area (TPSA) is 49.3 Å². The number of fused-ring (bicyclic) bond motifs is 1. The average molecular weight is 242 g/mol. The van der Waals surface area contributed by atoms with Crippen LogP contribution < -0.4 is 5.32 Å². The summed E-state index contributed by atoms with van der Waals surface area (Å²) in [6.45, 7) is 1.49. The van der Waals surface area contributed by atoms with Crippen LogP contribution in [0, 0.1) is 0 Å². The highest BCUT2D eigenvalue weighted by atomic mass is 79.9. The van der Waals surface area contributed by atoms with Gasteiger partial charge in [-0.15, -0.1) is 0 Å². The van der Waals surface area contributed by atoms with Gasteiger partial charge in [0.05, 0.1) is 0 Å². The highest BCUT2D eigenvalue weighted by Crippen LogP contribution is 2.36. The normalized spacial score (nSPS) is 25.6. The molecule has 2 N–H and O–H groups in total. The van der Waals surface area contributed by atoms with E-state index in [2.05, 4.69) is 21.2 Å². The highest BCUT2D eigenvalue weighted by molar-refractivity contribution is 9.10. The first-order chi connectivity index (χ1) is 6.01. The van der Waals surface area contributed by atoms with E-state index in [1.54, 1.807) is 18.2 Å². The van der Waals surface area contributed by atoms with Crippen LogP contribution in [0.15, 0.2) is 22.7 Å². The Balaban J connectivity index is 2.62. The van der Waals surface area contributed by atoms with Crippen LogP contribution >= 0.6 is 15.9 Å². The largest absolute Gasteiger partial charge is 0.375 e. The Bertz CT molecular complexity index is 387. The van der Waals surface area contributed by atoms with E-state index < -0.39 is 5.60 Å². The number of aliphatic hydroxyl groups is 1. The van der Waals surface area contributed by atoms with Gasteiger partial charge in [-0.1, -0.05) is 22.0 Å². The lowest BCUT2D eigenvalue weighted by Crippen LogP contribution is -2.30. The Morgan fingerprint density at radius 3 is 2.92 bits per heavy atom. The molecule has 1 unspecified atom stereocenters. The van der Waals surface area contributed by atoms with E-state index in [4.69, 9.17) is 0 Å².